The van der Waals surface area contributed by atoms with Gasteiger partial charge in [0.15, 0.2) is 6.61 Å². The fraction of sp³-hybridized carbons (Fsp3) is 0.300. The van der Waals surface area contributed by atoms with Crippen LogP contribution in [0.2, 0.25) is 10.0 Å². The first-order valence-electron chi connectivity index (χ1n) is 8.75. The van der Waals surface area contributed by atoms with E-state index in [0.29, 0.717) is 22.2 Å². The third-order valence-electron chi connectivity index (χ3n) is 4.85. The van der Waals surface area contributed by atoms with Crippen molar-refractivity contribution in [2.45, 2.75) is 25.8 Å². The van der Waals surface area contributed by atoms with Crippen LogP contribution in [0.3, 0.4) is 0 Å². The van der Waals surface area contributed by atoms with Crippen LogP contribution in [0.5, 0.6) is 0 Å². The Hall–Kier alpha value is -2.31. The van der Waals surface area contributed by atoms with Gasteiger partial charge in [-0.1, -0.05) is 35.3 Å². The first kappa shape index (κ1) is 20.4. The molecule has 1 aliphatic heterocycles. The second-order valence-corrected chi connectivity index (χ2v) is 7.46. The van der Waals surface area contributed by atoms with Crippen molar-refractivity contribution < 1.29 is 18.7 Å². The molecule has 1 amide bonds. The Bertz CT molecular complexity index is 936. The number of nitrogen functional groups attached to an aromatic ring is 1. The van der Waals surface area contributed by atoms with Crippen LogP contribution in [0.25, 0.3) is 0 Å². The number of aryl methyl sites for hydroxylation is 1. The largest absolute Gasteiger partial charge is 0.452 e. The molecule has 0 aliphatic carbocycles. The van der Waals surface area contributed by atoms with E-state index in [1.807, 2.05) is 6.07 Å². The lowest BCUT2D eigenvalue weighted by molar-refractivity contribution is -0.135. The van der Waals surface area contributed by atoms with E-state index in [1.54, 1.807) is 24.0 Å². The molecule has 1 atom stereocenters. The molecule has 0 unspecified atom stereocenters. The molecule has 0 saturated carbocycles. The fourth-order valence-electron chi connectivity index (χ4n) is 3.32. The van der Waals surface area contributed by atoms with Crippen LogP contribution in [0, 0.1) is 12.7 Å². The molecule has 0 aromatic heterocycles. The predicted octanol–water partition coefficient (Wildman–Crippen LogP) is 4.54. The summed E-state index contributed by atoms with van der Waals surface area (Å²) in [6.07, 6.45) is 1.57. The smallest absolute Gasteiger partial charge is 0.343 e. The van der Waals surface area contributed by atoms with Crippen molar-refractivity contribution in [2.75, 3.05) is 18.9 Å². The molecule has 0 bridgehead atoms. The van der Waals surface area contributed by atoms with Crippen LogP contribution in [-0.4, -0.2) is 29.9 Å². The van der Waals surface area contributed by atoms with Gasteiger partial charge in [0, 0.05) is 6.54 Å². The summed E-state index contributed by atoms with van der Waals surface area (Å²) >= 11 is 12.0. The lowest BCUT2D eigenvalue weighted by Gasteiger charge is -2.25. The maximum atomic E-state index is 14.0. The summed E-state index contributed by atoms with van der Waals surface area (Å²) in [6.45, 7) is 1.69. The Morgan fingerprint density at radius 1 is 1.25 bits per heavy atom. The first-order chi connectivity index (χ1) is 13.3. The molecule has 8 heteroatoms. The highest BCUT2D eigenvalue weighted by Crippen LogP contribution is 2.35. The number of benzene rings is 2. The number of nitrogens with two attached hydrogens (primary N) is 1. The second kappa shape index (κ2) is 8.37. The van der Waals surface area contributed by atoms with Crippen molar-refractivity contribution in [3.05, 3.63) is 62.9 Å². The lowest BCUT2D eigenvalue weighted by atomic mass is 10.0. The maximum Gasteiger partial charge on any atom is 0.343 e. The SMILES string of the molecule is Cc1ccc(F)c(C(=O)OCC(=O)N2CCC[C@H]2c2ccc(Cl)c(Cl)c2)c1N. The van der Waals surface area contributed by atoms with Crippen LogP contribution in [-0.2, 0) is 9.53 Å². The molecule has 0 spiro atoms. The van der Waals surface area contributed by atoms with E-state index in [2.05, 4.69) is 0 Å². The second-order valence-electron chi connectivity index (χ2n) is 6.65. The monoisotopic (exact) mass is 424 g/mol. The molecule has 2 aromatic rings. The van der Waals surface area contributed by atoms with E-state index in [1.165, 1.54) is 6.07 Å². The molecule has 1 aliphatic rings. The number of amides is 1. The number of ether oxygens (including phenoxy) is 1. The Morgan fingerprint density at radius 2 is 2.00 bits per heavy atom. The molecular weight excluding hydrogens is 406 g/mol. The van der Waals surface area contributed by atoms with Gasteiger partial charge in [0.05, 0.1) is 21.8 Å². The van der Waals surface area contributed by atoms with Crippen LogP contribution in [0.1, 0.15) is 40.4 Å². The quantitative estimate of drug-likeness (QED) is 0.577. The molecule has 1 fully saturated rings. The van der Waals surface area contributed by atoms with Crippen molar-refractivity contribution in [3.63, 3.8) is 0 Å². The van der Waals surface area contributed by atoms with E-state index in [4.69, 9.17) is 33.7 Å². The first-order valence-corrected chi connectivity index (χ1v) is 9.51. The minimum Gasteiger partial charge on any atom is -0.452 e. The normalized spacial score (nSPS) is 16.3. The molecule has 1 saturated heterocycles. The van der Waals surface area contributed by atoms with Crippen molar-refractivity contribution in [3.8, 4) is 0 Å². The van der Waals surface area contributed by atoms with Gasteiger partial charge in [0.25, 0.3) is 5.91 Å². The highest BCUT2D eigenvalue weighted by Gasteiger charge is 2.31. The number of anilines is 1. The average molecular weight is 425 g/mol. The molecule has 0 radical (unpaired) electrons. The summed E-state index contributed by atoms with van der Waals surface area (Å²) in [7, 11) is 0. The van der Waals surface area contributed by atoms with E-state index in [9.17, 15) is 14.0 Å². The number of carbonyl (C=O) groups excluding carboxylic acids is 2. The van der Waals surface area contributed by atoms with Crippen LogP contribution in [0.4, 0.5) is 10.1 Å². The number of carbonyl (C=O) groups is 2. The minimum atomic E-state index is -0.961. The topological polar surface area (TPSA) is 72.6 Å². The Balaban J connectivity index is 1.70. The number of likely N-dealkylation sites (tertiary alicyclic amines) is 1. The van der Waals surface area contributed by atoms with Crippen molar-refractivity contribution in [1.82, 2.24) is 4.90 Å². The van der Waals surface area contributed by atoms with Gasteiger partial charge in [-0.15, -0.1) is 0 Å². The number of nitrogens with zero attached hydrogens (tertiary/aromatic N) is 1. The standard InChI is InChI=1S/C20H19Cl2FN2O3/c1-11-4-7-15(23)18(19(11)24)20(27)28-10-17(26)25-8-2-3-16(25)12-5-6-13(21)14(22)9-12/h4-7,9,16H,2-3,8,10,24H2,1H3/t16-/m0/s1. The lowest BCUT2D eigenvalue weighted by Crippen LogP contribution is -2.34. The average Bonchev–Trinajstić information content (AvgIpc) is 3.15. The van der Waals surface area contributed by atoms with Crippen LogP contribution in [0.15, 0.2) is 30.3 Å². The van der Waals surface area contributed by atoms with Crippen molar-refractivity contribution in [2.24, 2.45) is 0 Å². The van der Waals surface area contributed by atoms with Crippen LogP contribution < -0.4 is 5.73 Å². The molecule has 2 aromatic carbocycles. The van der Waals surface area contributed by atoms with Gasteiger partial charge in [-0.05, 0) is 49.1 Å². The minimum absolute atomic E-state index is 0.00676. The molecule has 2 N–H and O–H groups in total. The van der Waals surface area contributed by atoms with E-state index in [0.717, 1.165) is 24.5 Å². The van der Waals surface area contributed by atoms with Crippen LogP contribution >= 0.6 is 23.2 Å². The zero-order chi connectivity index (χ0) is 20.4. The zero-order valence-electron chi connectivity index (χ0n) is 15.2. The molecule has 28 heavy (non-hydrogen) atoms. The zero-order valence-corrected chi connectivity index (χ0v) is 16.7. The van der Waals surface area contributed by atoms with Gasteiger partial charge in [0.2, 0.25) is 0 Å². The number of rotatable bonds is 4. The summed E-state index contributed by atoms with van der Waals surface area (Å²) in [5, 5.41) is 0.850. The molecular formula is C20H19Cl2FN2O3. The summed E-state index contributed by atoms with van der Waals surface area (Å²) in [4.78, 5) is 26.5. The van der Waals surface area contributed by atoms with E-state index in [-0.39, 0.29) is 23.2 Å². The maximum absolute atomic E-state index is 14.0. The summed E-state index contributed by atoms with van der Waals surface area (Å²) in [6, 6.07) is 7.67. The number of hydrogen-bond acceptors (Lipinski definition) is 4. The Labute approximate surface area is 172 Å². The fourth-order valence-corrected chi connectivity index (χ4v) is 3.62. The molecule has 3 rings (SSSR count). The summed E-state index contributed by atoms with van der Waals surface area (Å²) < 4.78 is 19.0. The Morgan fingerprint density at radius 3 is 2.71 bits per heavy atom. The number of hydrogen-bond donors (Lipinski definition) is 1. The van der Waals surface area contributed by atoms with Gasteiger partial charge in [-0.3, -0.25) is 4.79 Å². The number of esters is 1. The number of halogens is 3. The highest BCUT2D eigenvalue weighted by atomic mass is 35.5. The summed E-state index contributed by atoms with van der Waals surface area (Å²) in [5.41, 5.74) is 6.85. The molecule has 1 heterocycles. The third-order valence-corrected chi connectivity index (χ3v) is 5.58. The van der Waals surface area contributed by atoms with Gasteiger partial charge < -0.3 is 15.4 Å². The third kappa shape index (κ3) is 4.08. The van der Waals surface area contributed by atoms with E-state index >= 15 is 0 Å². The Kier molecular flexibility index (Phi) is 6.10. The van der Waals surface area contributed by atoms with Crippen molar-refractivity contribution in [1.29, 1.82) is 0 Å². The van der Waals surface area contributed by atoms with Gasteiger partial charge in [0.1, 0.15) is 11.4 Å². The molecule has 148 valence electrons. The molecule has 5 nitrogen and oxygen atoms in total. The van der Waals surface area contributed by atoms with Gasteiger partial charge in [-0.2, -0.15) is 0 Å². The van der Waals surface area contributed by atoms with Crippen molar-refractivity contribution >= 4 is 40.8 Å². The highest BCUT2D eigenvalue weighted by molar-refractivity contribution is 6.42. The van der Waals surface area contributed by atoms with Gasteiger partial charge in [-0.25, -0.2) is 9.18 Å². The van der Waals surface area contributed by atoms with E-state index < -0.39 is 18.4 Å². The predicted molar refractivity (Wildman–Crippen MR) is 106 cm³/mol. The van der Waals surface area contributed by atoms with Gasteiger partial charge >= 0.3 is 5.97 Å². The summed E-state index contributed by atoms with van der Waals surface area (Å²) in [5.74, 6) is -2.11.